The lowest BCUT2D eigenvalue weighted by molar-refractivity contribution is -0.115. The third-order valence-corrected chi connectivity index (χ3v) is 3.29. The number of pyridine rings is 1. The van der Waals surface area contributed by atoms with Gasteiger partial charge in [0.05, 0.1) is 5.69 Å². The van der Waals surface area contributed by atoms with E-state index in [9.17, 15) is 4.79 Å². The van der Waals surface area contributed by atoms with Crippen LogP contribution in [0.2, 0.25) is 0 Å². The highest BCUT2D eigenvalue weighted by molar-refractivity contribution is 5.97. The number of carbonyl (C=O) groups excluding carboxylic acids is 1. The Morgan fingerprint density at radius 3 is 2.79 bits per heavy atom. The van der Waals surface area contributed by atoms with E-state index in [-0.39, 0.29) is 5.91 Å². The molecule has 1 aromatic carbocycles. The van der Waals surface area contributed by atoms with Gasteiger partial charge in [-0.15, -0.1) is 0 Å². The molecule has 1 aromatic heterocycles. The molecule has 19 heavy (non-hydrogen) atoms. The number of hydrogen-bond acceptors (Lipinski definition) is 3. The Hall–Kier alpha value is -2.36. The maximum absolute atomic E-state index is 11.8. The highest BCUT2D eigenvalue weighted by Crippen LogP contribution is 2.34. The average Bonchev–Trinajstić information content (AvgIpc) is 2.60. The van der Waals surface area contributed by atoms with E-state index in [0.717, 1.165) is 22.8 Å². The summed E-state index contributed by atoms with van der Waals surface area (Å²) in [6, 6.07) is 11.9. The monoisotopic (exact) mass is 253 g/mol. The molecule has 0 fully saturated rings. The van der Waals surface area contributed by atoms with Crippen LogP contribution in [0.25, 0.3) is 0 Å². The first-order valence-corrected chi connectivity index (χ1v) is 6.34. The standard InChI is InChI=1S/C15H15N3O/c1-11-7-9-16-15-14(11)17-13(19)8-10-18(15)12-5-3-2-4-6-12/h2-7,9H,8,10H2,1H3,(H,17,19). The van der Waals surface area contributed by atoms with Gasteiger partial charge in [0.25, 0.3) is 0 Å². The number of nitrogens with zero attached hydrogens (tertiary/aromatic N) is 2. The van der Waals surface area contributed by atoms with E-state index in [1.165, 1.54) is 0 Å². The molecule has 1 amide bonds. The summed E-state index contributed by atoms with van der Waals surface area (Å²) < 4.78 is 0. The predicted octanol–water partition coefficient (Wildman–Crippen LogP) is 2.87. The van der Waals surface area contributed by atoms with Crippen LogP contribution < -0.4 is 10.2 Å². The maximum atomic E-state index is 11.8. The van der Waals surface area contributed by atoms with Gasteiger partial charge in [-0.2, -0.15) is 0 Å². The van der Waals surface area contributed by atoms with Gasteiger partial charge in [0.15, 0.2) is 5.82 Å². The number of rotatable bonds is 1. The molecule has 0 atom stereocenters. The molecule has 0 spiro atoms. The van der Waals surface area contributed by atoms with Crippen molar-refractivity contribution in [3.8, 4) is 0 Å². The van der Waals surface area contributed by atoms with Crippen molar-refractivity contribution in [3.63, 3.8) is 0 Å². The molecule has 1 N–H and O–H groups in total. The molecule has 0 saturated carbocycles. The number of aryl methyl sites for hydroxylation is 1. The number of benzene rings is 1. The topological polar surface area (TPSA) is 45.2 Å². The largest absolute Gasteiger partial charge is 0.324 e. The molecule has 0 radical (unpaired) electrons. The minimum Gasteiger partial charge on any atom is -0.324 e. The Bertz CT molecular complexity index is 610. The first kappa shape index (κ1) is 11.7. The number of amides is 1. The molecule has 4 heteroatoms. The molecule has 2 aromatic rings. The van der Waals surface area contributed by atoms with Gasteiger partial charge in [-0.25, -0.2) is 4.98 Å². The Kier molecular flexibility index (Phi) is 2.91. The number of nitrogens with one attached hydrogen (secondary N) is 1. The Labute approximate surface area is 112 Å². The molecule has 1 aliphatic heterocycles. The lowest BCUT2D eigenvalue weighted by Gasteiger charge is -2.23. The van der Waals surface area contributed by atoms with Gasteiger partial charge in [0.1, 0.15) is 0 Å². The summed E-state index contributed by atoms with van der Waals surface area (Å²) in [5.74, 6) is 0.854. The fourth-order valence-corrected chi connectivity index (χ4v) is 2.28. The van der Waals surface area contributed by atoms with Crippen LogP contribution in [-0.2, 0) is 4.79 Å². The van der Waals surface area contributed by atoms with E-state index >= 15 is 0 Å². The zero-order valence-corrected chi connectivity index (χ0v) is 10.8. The summed E-state index contributed by atoms with van der Waals surface area (Å²) >= 11 is 0. The van der Waals surface area contributed by atoms with Crippen LogP contribution in [0.3, 0.4) is 0 Å². The van der Waals surface area contributed by atoms with Gasteiger partial charge < -0.3 is 10.2 Å². The molecule has 4 nitrogen and oxygen atoms in total. The second kappa shape index (κ2) is 4.72. The molecule has 0 unspecified atom stereocenters. The Morgan fingerprint density at radius 2 is 2.00 bits per heavy atom. The summed E-state index contributed by atoms with van der Waals surface area (Å²) in [5, 5.41) is 2.95. The highest BCUT2D eigenvalue weighted by atomic mass is 16.1. The van der Waals surface area contributed by atoms with Crippen LogP contribution >= 0.6 is 0 Å². The van der Waals surface area contributed by atoms with Crippen LogP contribution in [-0.4, -0.2) is 17.4 Å². The predicted molar refractivity (Wildman–Crippen MR) is 75.7 cm³/mol. The molecular weight excluding hydrogens is 238 g/mol. The maximum Gasteiger partial charge on any atom is 0.226 e. The molecule has 0 aliphatic carbocycles. The van der Waals surface area contributed by atoms with Crippen molar-refractivity contribution in [1.29, 1.82) is 0 Å². The van der Waals surface area contributed by atoms with Gasteiger partial charge in [0.2, 0.25) is 5.91 Å². The number of para-hydroxylation sites is 1. The molecule has 3 rings (SSSR count). The van der Waals surface area contributed by atoms with Crippen molar-refractivity contribution in [1.82, 2.24) is 4.98 Å². The smallest absolute Gasteiger partial charge is 0.226 e. The van der Waals surface area contributed by atoms with Gasteiger partial charge in [-0.05, 0) is 30.7 Å². The van der Waals surface area contributed by atoms with Crippen LogP contribution in [0.1, 0.15) is 12.0 Å². The normalized spacial score (nSPS) is 14.6. The number of fused-ring (bicyclic) bond motifs is 1. The van der Waals surface area contributed by atoms with E-state index in [1.807, 2.05) is 43.3 Å². The lowest BCUT2D eigenvalue weighted by atomic mass is 10.2. The number of hydrogen-bond donors (Lipinski definition) is 1. The van der Waals surface area contributed by atoms with Crippen molar-refractivity contribution < 1.29 is 4.79 Å². The van der Waals surface area contributed by atoms with E-state index in [0.29, 0.717) is 13.0 Å². The Morgan fingerprint density at radius 1 is 1.21 bits per heavy atom. The quantitative estimate of drug-likeness (QED) is 0.850. The fourth-order valence-electron chi connectivity index (χ4n) is 2.28. The minimum absolute atomic E-state index is 0.0378. The third kappa shape index (κ3) is 2.17. The molecule has 0 saturated heterocycles. The third-order valence-electron chi connectivity index (χ3n) is 3.29. The second-order valence-electron chi connectivity index (χ2n) is 4.61. The van der Waals surface area contributed by atoms with Crippen LogP contribution in [0.5, 0.6) is 0 Å². The lowest BCUT2D eigenvalue weighted by Crippen LogP contribution is -2.19. The van der Waals surface area contributed by atoms with Gasteiger partial charge in [-0.3, -0.25) is 4.79 Å². The molecule has 0 bridgehead atoms. The summed E-state index contributed by atoms with van der Waals surface area (Å²) in [6.07, 6.45) is 2.24. The number of carbonyl (C=O) groups is 1. The molecule has 2 heterocycles. The fraction of sp³-hybridized carbons (Fsp3) is 0.200. The summed E-state index contributed by atoms with van der Waals surface area (Å²) in [5.41, 5.74) is 2.90. The first-order valence-electron chi connectivity index (χ1n) is 6.34. The van der Waals surface area contributed by atoms with E-state index in [2.05, 4.69) is 15.2 Å². The first-order chi connectivity index (χ1) is 9.25. The van der Waals surface area contributed by atoms with Crippen molar-refractivity contribution in [2.75, 3.05) is 16.8 Å². The highest BCUT2D eigenvalue weighted by Gasteiger charge is 2.22. The summed E-state index contributed by atoms with van der Waals surface area (Å²) in [7, 11) is 0. The average molecular weight is 253 g/mol. The van der Waals surface area contributed by atoms with Crippen LogP contribution in [0, 0.1) is 6.92 Å². The van der Waals surface area contributed by atoms with E-state index in [4.69, 9.17) is 0 Å². The van der Waals surface area contributed by atoms with Crippen molar-refractivity contribution in [2.45, 2.75) is 13.3 Å². The number of anilines is 3. The minimum atomic E-state index is 0.0378. The van der Waals surface area contributed by atoms with Crippen molar-refractivity contribution >= 4 is 23.1 Å². The van der Waals surface area contributed by atoms with Crippen molar-refractivity contribution in [2.24, 2.45) is 0 Å². The van der Waals surface area contributed by atoms with E-state index < -0.39 is 0 Å². The second-order valence-corrected chi connectivity index (χ2v) is 4.61. The van der Waals surface area contributed by atoms with E-state index in [1.54, 1.807) is 6.20 Å². The Balaban J connectivity index is 2.13. The zero-order valence-electron chi connectivity index (χ0n) is 10.8. The van der Waals surface area contributed by atoms with Crippen LogP contribution in [0.4, 0.5) is 17.2 Å². The van der Waals surface area contributed by atoms with Gasteiger partial charge >= 0.3 is 0 Å². The molecule has 1 aliphatic rings. The van der Waals surface area contributed by atoms with Crippen LogP contribution in [0.15, 0.2) is 42.6 Å². The molecular formula is C15H15N3O. The van der Waals surface area contributed by atoms with Gasteiger partial charge in [-0.1, -0.05) is 18.2 Å². The van der Waals surface area contributed by atoms with Gasteiger partial charge in [0, 0.05) is 24.8 Å². The number of aromatic nitrogens is 1. The SMILES string of the molecule is Cc1ccnc2c1NC(=O)CCN2c1ccccc1. The summed E-state index contributed by atoms with van der Waals surface area (Å²) in [4.78, 5) is 18.3. The van der Waals surface area contributed by atoms with Crippen molar-refractivity contribution in [3.05, 3.63) is 48.2 Å². The molecule has 96 valence electrons. The zero-order chi connectivity index (χ0) is 13.2. The summed E-state index contributed by atoms with van der Waals surface area (Å²) in [6.45, 7) is 2.62.